The average molecular weight is 245 g/mol. The van der Waals surface area contributed by atoms with Crippen LogP contribution in [0.5, 0.6) is 0 Å². The Morgan fingerprint density at radius 1 is 1.17 bits per heavy atom. The predicted molar refractivity (Wildman–Crippen MR) is 63.1 cm³/mol. The molecule has 90 valence electrons. The second-order valence-corrected chi connectivity index (χ2v) is 3.95. The van der Waals surface area contributed by atoms with Gasteiger partial charge in [0.15, 0.2) is 11.6 Å². The van der Waals surface area contributed by atoms with Gasteiger partial charge in [-0.3, -0.25) is 9.38 Å². The van der Waals surface area contributed by atoms with Crippen LogP contribution >= 0.6 is 0 Å². The SMILES string of the molecule is Cc1nccn2c(-c3cccc(F)c3F)ncc12. The number of fused-ring (bicyclic) bond motifs is 1. The van der Waals surface area contributed by atoms with E-state index in [2.05, 4.69) is 9.97 Å². The lowest BCUT2D eigenvalue weighted by molar-refractivity contribution is 0.510. The Morgan fingerprint density at radius 3 is 2.83 bits per heavy atom. The maximum Gasteiger partial charge on any atom is 0.169 e. The van der Waals surface area contributed by atoms with E-state index in [1.54, 1.807) is 23.0 Å². The summed E-state index contributed by atoms with van der Waals surface area (Å²) in [6.45, 7) is 1.84. The summed E-state index contributed by atoms with van der Waals surface area (Å²) in [4.78, 5) is 8.27. The molecule has 0 fully saturated rings. The first-order chi connectivity index (χ1) is 8.68. The van der Waals surface area contributed by atoms with Crippen LogP contribution in [0.3, 0.4) is 0 Å². The Hall–Kier alpha value is -2.30. The Labute approximate surface area is 102 Å². The van der Waals surface area contributed by atoms with Gasteiger partial charge in [0.05, 0.1) is 23.0 Å². The molecule has 3 rings (SSSR count). The zero-order valence-electron chi connectivity index (χ0n) is 9.56. The van der Waals surface area contributed by atoms with Crippen LogP contribution in [-0.2, 0) is 0 Å². The zero-order chi connectivity index (χ0) is 12.7. The molecule has 18 heavy (non-hydrogen) atoms. The van der Waals surface area contributed by atoms with E-state index in [0.29, 0.717) is 5.82 Å². The molecule has 0 saturated heterocycles. The zero-order valence-corrected chi connectivity index (χ0v) is 9.56. The number of imidazole rings is 1. The lowest BCUT2D eigenvalue weighted by atomic mass is 10.2. The van der Waals surface area contributed by atoms with Crippen molar-refractivity contribution < 1.29 is 8.78 Å². The first-order valence-corrected chi connectivity index (χ1v) is 5.41. The molecule has 0 amide bonds. The van der Waals surface area contributed by atoms with Gasteiger partial charge in [0, 0.05) is 12.4 Å². The highest BCUT2D eigenvalue weighted by Crippen LogP contribution is 2.24. The molecular formula is C13H9F2N3. The lowest BCUT2D eigenvalue weighted by Crippen LogP contribution is -1.96. The Bertz CT molecular complexity index is 734. The monoisotopic (exact) mass is 245 g/mol. The molecule has 5 heteroatoms. The molecule has 0 radical (unpaired) electrons. The van der Waals surface area contributed by atoms with Crippen LogP contribution in [0.4, 0.5) is 8.78 Å². The number of hydrogen-bond donors (Lipinski definition) is 0. The van der Waals surface area contributed by atoms with Crippen molar-refractivity contribution in [2.75, 3.05) is 0 Å². The highest BCUT2D eigenvalue weighted by Gasteiger charge is 2.14. The predicted octanol–water partition coefficient (Wildman–Crippen LogP) is 2.98. The van der Waals surface area contributed by atoms with Crippen LogP contribution in [0.15, 0.2) is 36.8 Å². The average Bonchev–Trinajstić information content (AvgIpc) is 2.78. The minimum absolute atomic E-state index is 0.139. The van der Waals surface area contributed by atoms with Gasteiger partial charge in [0.25, 0.3) is 0 Å². The molecule has 0 bridgehead atoms. The molecular weight excluding hydrogens is 236 g/mol. The molecule has 1 aromatic carbocycles. The summed E-state index contributed by atoms with van der Waals surface area (Å²) in [5.41, 5.74) is 1.70. The number of nitrogens with zero attached hydrogens (tertiary/aromatic N) is 3. The van der Waals surface area contributed by atoms with Crippen LogP contribution in [0.1, 0.15) is 5.69 Å². The van der Waals surface area contributed by atoms with Crippen LogP contribution in [0.25, 0.3) is 16.9 Å². The first kappa shape index (κ1) is 10.8. The topological polar surface area (TPSA) is 30.2 Å². The first-order valence-electron chi connectivity index (χ1n) is 5.41. The third-order valence-electron chi connectivity index (χ3n) is 2.84. The van der Waals surface area contributed by atoms with E-state index < -0.39 is 11.6 Å². The van der Waals surface area contributed by atoms with Crippen LogP contribution in [0.2, 0.25) is 0 Å². The van der Waals surface area contributed by atoms with E-state index in [-0.39, 0.29) is 5.56 Å². The molecule has 2 aromatic heterocycles. The van der Waals surface area contributed by atoms with Crippen molar-refractivity contribution in [2.24, 2.45) is 0 Å². The van der Waals surface area contributed by atoms with Gasteiger partial charge in [0.1, 0.15) is 5.82 Å². The van der Waals surface area contributed by atoms with E-state index in [9.17, 15) is 8.78 Å². The van der Waals surface area contributed by atoms with Gasteiger partial charge in [-0.05, 0) is 19.1 Å². The summed E-state index contributed by atoms with van der Waals surface area (Å²) in [5, 5.41) is 0. The van der Waals surface area contributed by atoms with E-state index in [4.69, 9.17) is 0 Å². The maximum atomic E-state index is 13.7. The van der Waals surface area contributed by atoms with Crippen molar-refractivity contribution in [2.45, 2.75) is 6.92 Å². The summed E-state index contributed by atoms with van der Waals surface area (Å²) in [6, 6.07) is 4.05. The quantitative estimate of drug-likeness (QED) is 0.659. The summed E-state index contributed by atoms with van der Waals surface area (Å²) >= 11 is 0. The van der Waals surface area contributed by atoms with Gasteiger partial charge in [-0.15, -0.1) is 0 Å². The molecule has 0 aliphatic heterocycles. The second kappa shape index (κ2) is 3.87. The number of aryl methyl sites for hydroxylation is 1. The van der Waals surface area contributed by atoms with Crippen molar-refractivity contribution in [3.05, 3.63) is 54.1 Å². The Morgan fingerprint density at radius 2 is 2.00 bits per heavy atom. The summed E-state index contributed by atoms with van der Waals surface area (Å²) in [5.74, 6) is -1.40. The van der Waals surface area contributed by atoms with Gasteiger partial charge in [-0.2, -0.15) is 0 Å². The number of hydrogen-bond acceptors (Lipinski definition) is 2. The molecule has 0 atom stereocenters. The van der Waals surface area contributed by atoms with E-state index in [1.807, 2.05) is 6.92 Å². The van der Waals surface area contributed by atoms with Crippen molar-refractivity contribution in [1.82, 2.24) is 14.4 Å². The van der Waals surface area contributed by atoms with E-state index in [0.717, 1.165) is 17.3 Å². The second-order valence-electron chi connectivity index (χ2n) is 3.95. The van der Waals surface area contributed by atoms with E-state index >= 15 is 0 Å². The third kappa shape index (κ3) is 1.48. The number of rotatable bonds is 1. The molecule has 0 aliphatic carbocycles. The van der Waals surface area contributed by atoms with Crippen LogP contribution in [-0.4, -0.2) is 14.4 Å². The molecule has 0 N–H and O–H groups in total. The Balaban J connectivity index is 2.33. The number of aromatic nitrogens is 3. The fraction of sp³-hybridized carbons (Fsp3) is 0.0769. The Kier molecular flexibility index (Phi) is 2.33. The van der Waals surface area contributed by atoms with Gasteiger partial charge in [0.2, 0.25) is 0 Å². The van der Waals surface area contributed by atoms with Crippen molar-refractivity contribution in [3.63, 3.8) is 0 Å². The largest absolute Gasteiger partial charge is 0.296 e. The smallest absolute Gasteiger partial charge is 0.169 e. The fourth-order valence-corrected chi connectivity index (χ4v) is 1.93. The lowest BCUT2D eigenvalue weighted by Gasteiger charge is -2.04. The highest BCUT2D eigenvalue weighted by atomic mass is 19.2. The molecule has 0 saturated carbocycles. The minimum atomic E-state index is -0.889. The molecule has 0 unspecified atom stereocenters. The molecule has 3 nitrogen and oxygen atoms in total. The minimum Gasteiger partial charge on any atom is -0.296 e. The van der Waals surface area contributed by atoms with E-state index in [1.165, 1.54) is 12.1 Å². The fourth-order valence-electron chi connectivity index (χ4n) is 1.93. The van der Waals surface area contributed by atoms with Crippen molar-refractivity contribution in [1.29, 1.82) is 0 Å². The summed E-state index contributed by atoms with van der Waals surface area (Å²) in [6.07, 6.45) is 4.88. The highest BCUT2D eigenvalue weighted by molar-refractivity contribution is 5.64. The van der Waals surface area contributed by atoms with Gasteiger partial charge < -0.3 is 0 Å². The van der Waals surface area contributed by atoms with Gasteiger partial charge in [-0.25, -0.2) is 13.8 Å². The molecule has 3 aromatic rings. The van der Waals surface area contributed by atoms with Crippen molar-refractivity contribution in [3.8, 4) is 11.4 Å². The van der Waals surface area contributed by atoms with Crippen LogP contribution in [0, 0.1) is 18.6 Å². The number of halogens is 2. The van der Waals surface area contributed by atoms with Gasteiger partial charge >= 0.3 is 0 Å². The number of benzene rings is 1. The standard InChI is InChI=1S/C13H9F2N3/c1-8-11-7-17-13(18(11)6-5-16-8)9-3-2-4-10(14)12(9)15/h2-7H,1H3. The molecule has 2 heterocycles. The normalized spacial score (nSPS) is 11.1. The van der Waals surface area contributed by atoms with Crippen molar-refractivity contribution >= 4 is 5.52 Å². The van der Waals surface area contributed by atoms with Crippen LogP contribution < -0.4 is 0 Å². The molecule has 0 aliphatic rings. The van der Waals surface area contributed by atoms with Gasteiger partial charge in [-0.1, -0.05) is 6.07 Å². The summed E-state index contributed by atoms with van der Waals surface area (Å²) in [7, 11) is 0. The summed E-state index contributed by atoms with van der Waals surface area (Å²) < 4.78 is 28.7. The third-order valence-corrected chi connectivity index (χ3v) is 2.84. The maximum absolute atomic E-state index is 13.7. The molecule has 0 spiro atoms.